The predicted molar refractivity (Wildman–Crippen MR) is 108 cm³/mol. The number of hydrogen-bond donors (Lipinski definition) is 1. The molecule has 0 radical (unpaired) electrons. The Hall–Kier alpha value is -2.21. The number of aryl methyl sites for hydroxylation is 1. The molecule has 0 aliphatic carbocycles. The summed E-state index contributed by atoms with van der Waals surface area (Å²) in [5, 5.41) is 3.53. The second-order valence-corrected chi connectivity index (χ2v) is 8.30. The van der Waals surface area contributed by atoms with Gasteiger partial charge in [-0.05, 0) is 78.7 Å². The summed E-state index contributed by atoms with van der Waals surface area (Å²) in [6.07, 6.45) is -0.168. The van der Waals surface area contributed by atoms with Gasteiger partial charge in [-0.1, -0.05) is 6.07 Å². The second kappa shape index (κ2) is 6.94. The minimum Gasteiger partial charge on any atom is -0.497 e. The maximum Gasteiger partial charge on any atom is 0.417 e. The van der Waals surface area contributed by atoms with Gasteiger partial charge >= 0.3 is 6.18 Å². The van der Waals surface area contributed by atoms with E-state index in [4.69, 9.17) is 4.74 Å². The van der Waals surface area contributed by atoms with Crippen molar-refractivity contribution in [2.24, 2.45) is 0 Å². The number of hydrogen-bond acceptors (Lipinski definition) is 3. The average Bonchev–Trinajstić information content (AvgIpc) is 2.87. The minimum absolute atomic E-state index is 0.225. The predicted octanol–water partition coefficient (Wildman–Crippen LogP) is 4.98. The fourth-order valence-electron chi connectivity index (χ4n) is 5.44. The first-order valence-corrected chi connectivity index (χ1v) is 10.4. The van der Waals surface area contributed by atoms with E-state index in [2.05, 4.69) is 10.2 Å². The van der Waals surface area contributed by atoms with Gasteiger partial charge in [-0.25, -0.2) is 0 Å². The van der Waals surface area contributed by atoms with Gasteiger partial charge in [-0.15, -0.1) is 0 Å². The van der Waals surface area contributed by atoms with Crippen molar-refractivity contribution in [1.29, 1.82) is 0 Å². The first-order valence-electron chi connectivity index (χ1n) is 10.4. The van der Waals surface area contributed by atoms with Crippen LogP contribution in [0.1, 0.15) is 41.9 Å². The highest BCUT2D eigenvalue weighted by molar-refractivity contribution is 5.78. The maximum atomic E-state index is 13.8. The molecule has 3 nitrogen and oxygen atoms in total. The van der Waals surface area contributed by atoms with Crippen molar-refractivity contribution in [2.45, 2.75) is 43.8 Å². The lowest BCUT2D eigenvalue weighted by Crippen LogP contribution is -2.37. The Morgan fingerprint density at radius 1 is 1.14 bits per heavy atom. The highest BCUT2D eigenvalue weighted by atomic mass is 19.4. The molecule has 0 spiro atoms. The summed E-state index contributed by atoms with van der Waals surface area (Å²) in [4.78, 5) is 2.54. The largest absolute Gasteiger partial charge is 0.497 e. The monoisotopic (exact) mass is 402 g/mol. The number of anilines is 1. The molecular formula is C23H25F3N2O. The third kappa shape index (κ3) is 3.08. The summed E-state index contributed by atoms with van der Waals surface area (Å²) in [5.74, 6) is 0.569. The van der Waals surface area contributed by atoms with Gasteiger partial charge in [0, 0.05) is 30.7 Å². The van der Waals surface area contributed by atoms with Crippen molar-refractivity contribution in [1.82, 2.24) is 5.32 Å². The number of halogens is 3. The second-order valence-electron chi connectivity index (χ2n) is 8.30. The van der Waals surface area contributed by atoms with Crippen molar-refractivity contribution in [2.75, 3.05) is 31.6 Å². The Morgan fingerprint density at radius 3 is 2.79 bits per heavy atom. The summed E-state index contributed by atoms with van der Waals surface area (Å²) in [6, 6.07) is 8.75. The standard InChI is InChI=1S/C23H25F3N2O/c1-29-16-6-7-17(20(12-16)23(24,25)26)15-10-14-4-3-9-28-21-5-2-8-27-13-19(21)18(11-15)22(14)28/h6-7,10-12,19,21,27H,2-5,8-9,13H2,1H3/t19-,21-/m0/s1. The molecule has 3 aliphatic heterocycles. The van der Waals surface area contributed by atoms with Gasteiger partial charge in [0.05, 0.1) is 12.7 Å². The number of nitrogens with one attached hydrogen (secondary N) is 1. The van der Waals surface area contributed by atoms with E-state index in [9.17, 15) is 13.2 Å². The van der Waals surface area contributed by atoms with E-state index in [1.165, 1.54) is 23.9 Å². The Kier molecular flexibility index (Phi) is 4.50. The van der Waals surface area contributed by atoms with Crippen LogP contribution in [0.15, 0.2) is 30.3 Å². The smallest absolute Gasteiger partial charge is 0.417 e. The molecule has 0 amide bonds. The lowest BCUT2D eigenvalue weighted by molar-refractivity contribution is -0.137. The van der Waals surface area contributed by atoms with Crippen LogP contribution in [-0.2, 0) is 12.6 Å². The fraction of sp³-hybridized carbons (Fsp3) is 0.478. The van der Waals surface area contributed by atoms with Gasteiger partial charge < -0.3 is 15.0 Å². The van der Waals surface area contributed by atoms with Crippen LogP contribution >= 0.6 is 0 Å². The molecule has 2 aromatic carbocycles. The molecule has 2 atom stereocenters. The Balaban J connectivity index is 1.68. The van der Waals surface area contributed by atoms with Gasteiger partial charge in [0.2, 0.25) is 0 Å². The molecule has 1 saturated heterocycles. The average molecular weight is 402 g/mol. The fourth-order valence-corrected chi connectivity index (χ4v) is 5.44. The SMILES string of the molecule is COc1ccc(-c2cc3c4c(c2)[C@@H]2CNCCC[C@@H]2N4CCC3)c(C(F)(F)F)c1. The van der Waals surface area contributed by atoms with Crippen LogP contribution < -0.4 is 15.0 Å². The molecular weight excluding hydrogens is 377 g/mol. The lowest BCUT2D eigenvalue weighted by Gasteiger charge is -2.33. The first kappa shape index (κ1) is 18.8. The number of alkyl halides is 3. The maximum absolute atomic E-state index is 13.8. The van der Waals surface area contributed by atoms with E-state index in [1.807, 2.05) is 12.1 Å². The summed E-state index contributed by atoms with van der Waals surface area (Å²) >= 11 is 0. The number of ether oxygens (including phenoxy) is 1. The summed E-state index contributed by atoms with van der Waals surface area (Å²) in [5.41, 5.74) is 3.98. The molecule has 2 aromatic rings. The number of fused-ring (bicyclic) bond motifs is 3. The molecule has 5 rings (SSSR count). The Morgan fingerprint density at radius 2 is 2.00 bits per heavy atom. The van der Waals surface area contributed by atoms with E-state index >= 15 is 0 Å². The van der Waals surface area contributed by atoms with Crippen LogP contribution in [0.25, 0.3) is 11.1 Å². The topological polar surface area (TPSA) is 24.5 Å². The van der Waals surface area contributed by atoms with E-state index in [0.29, 0.717) is 17.5 Å². The highest BCUT2D eigenvalue weighted by Gasteiger charge is 2.42. The molecule has 29 heavy (non-hydrogen) atoms. The van der Waals surface area contributed by atoms with Crippen LogP contribution in [0.2, 0.25) is 0 Å². The minimum atomic E-state index is -4.43. The quantitative estimate of drug-likeness (QED) is 0.767. The molecule has 1 fully saturated rings. The highest BCUT2D eigenvalue weighted by Crippen LogP contribution is 2.50. The van der Waals surface area contributed by atoms with E-state index in [0.717, 1.165) is 51.4 Å². The van der Waals surface area contributed by atoms with Crippen LogP contribution in [0, 0.1) is 0 Å². The summed E-state index contributed by atoms with van der Waals surface area (Å²) in [7, 11) is 1.39. The summed E-state index contributed by atoms with van der Waals surface area (Å²) in [6.45, 7) is 2.96. The molecule has 3 heterocycles. The molecule has 6 heteroatoms. The molecule has 0 saturated carbocycles. The van der Waals surface area contributed by atoms with Gasteiger partial charge in [-0.3, -0.25) is 0 Å². The molecule has 0 aromatic heterocycles. The third-order valence-electron chi connectivity index (χ3n) is 6.68. The van der Waals surface area contributed by atoms with E-state index in [1.54, 1.807) is 12.1 Å². The van der Waals surface area contributed by atoms with Gasteiger partial charge in [0.15, 0.2) is 0 Å². The van der Waals surface area contributed by atoms with Crippen molar-refractivity contribution >= 4 is 5.69 Å². The van der Waals surface area contributed by atoms with Crippen molar-refractivity contribution in [3.63, 3.8) is 0 Å². The van der Waals surface area contributed by atoms with E-state index < -0.39 is 11.7 Å². The Bertz CT molecular complexity index is 940. The molecule has 1 N–H and O–H groups in total. The van der Waals surface area contributed by atoms with Crippen LogP contribution in [0.5, 0.6) is 5.75 Å². The van der Waals surface area contributed by atoms with Crippen LogP contribution in [0.3, 0.4) is 0 Å². The van der Waals surface area contributed by atoms with Crippen molar-refractivity contribution in [3.8, 4) is 16.9 Å². The zero-order valence-corrected chi connectivity index (χ0v) is 16.5. The number of rotatable bonds is 2. The Labute approximate surface area is 168 Å². The van der Waals surface area contributed by atoms with Crippen molar-refractivity contribution < 1.29 is 17.9 Å². The number of methoxy groups -OCH3 is 1. The third-order valence-corrected chi connectivity index (χ3v) is 6.68. The van der Waals surface area contributed by atoms with E-state index in [-0.39, 0.29) is 11.3 Å². The van der Waals surface area contributed by atoms with Crippen LogP contribution in [-0.4, -0.2) is 32.8 Å². The molecule has 0 bridgehead atoms. The van der Waals surface area contributed by atoms with Gasteiger partial charge in [-0.2, -0.15) is 13.2 Å². The summed E-state index contributed by atoms with van der Waals surface area (Å²) < 4.78 is 46.5. The first-order chi connectivity index (χ1) is 14.0. The van der Waals surface area contributed by atoms with Crippen LogP contribution in [0.4, 0.5) is 18.9 Å². The van der Waals surface area contributed by atoms with Crippen molar-refractivity contribution in [3.05, 3.63) is 47.0 Å². The van der Waals surface area contributed by atoms with Gasteiger partial charge in [0.1, 0.15) is 5.75 Å². The molecule has 154 valence electrons. The zero-order valence-electron chi connectivity index (χ0n) is 16.5. The molecule has 0 unspecified atom stereocenters. The van der Waals surface area contributed by atoms with Gasteiger partial charge in [0.25, 0.3) is 0 Å². The zero-order chi connectivity index (χ0) is 20.2. The normalized spacial score (nSPS) is 23.4. The molecule has 3 aliphatic rings. The lowest BCUT2D eigenvalue weighted by atomic mass is 9.88. The number of benzene rings is 2. The number of nitrogens with zero attached hydrogens (tertiary/aromatic N) is 1.